The van der Waals surface area contributed by atoms with E-state index in [0.29, 0.717) is 0 Å². The van der Waals surface area contributed by atoms with E-state index in [4.69, 9.17) is 5.73 Å². The van der Waals surface area contributed by atoms with Crippen molar-refractivity contribution >= 4 is 23.5 Å². The van der Waals surface area contributed by atoms with Crippen molar-refractivity contribution in [3.8, 4) is 0 Å². The summed E-state index contributed by atoms with van der Waals surface area (Å²) in [5.41, 5.74) is 6.88. The minimum Gasteiger partial charge on any atom is -0.351 e. The van der Waals surface area contributed by atoms with Crippen LogP contribution < -0.4 is 11.1 Å². The number of hydrogen-bond acceptors (Lipinski definition) is 2. The number of nitrogens with two attached hydrogens (primary N) is 1. The zero-order valence-corrected chi connectivity index (χ0v) is 8.44. The maximum absolute atomic E-state index is 10.7. The van der Waals surface area contributed by atoms with E-state index in [1.54, 1.807) is 11.8 Å². The van der Waals surface area contributed by atoms with Crippen LogP contribution in [-0.4, -0.2) is 12.3 Å². The molecule has 3 nitrogen and oxygen atoms in total. The van der Waals surface area contributed by atoms with Crippen LogP contribution in [-0.2, 0) is 0 Å². The molecular weight excluding hydrogens is 184 g/mol. The van der Waals surface area contributed by atoms with Crippen LogP contribution >= 0.6 is 11.8 Å². The fourth-order valence-corrected chi connectivity index (χ4v) is 1.73. The molecule has 0 aliphatic rings. The Balaban J connectivity index is 3.07. The predicted molar refractivity (Wildman–Crippen MR) is 56.2 cm³/mol. The number of primary amides is 1. The highest BCUT2D eigenvalue weighted by atomic mass is 32.2. The molecule has 0 saturated carbocycles. The standard InChI is InChI=1S/C9H12N2OS/c1-6-4-3-5-7(13-2)8(6)11-9(10)12/h3-5H,1-2H3,(H3,10,11,12). The lowest BCUT2D eigenvalue weighted by atomic mass is 10.2. The number of benzene rings is 1. The number of para-hydroxylation sites is 1. The van der Waals surface area contributed by atoms with Crippen LogP contribution in [0.15, 0.2) is 23.1 Å². The van der Waals surface area contributed by atoms with Crippen LogP contribution in [0.3, 0.4) is 0 Å². The van der Waals surface area contributed by atoms with Crippen LogP contribution in [0.5, 0.6) is 0 Å². The fraction of sp³-hybridized carbons (Fsp3) is 0.222. The summed E-state index contributed by atoms with van der Waals surface area (Å²) in [5.74, 6) is 0. The summed E-state index contributed by atoms with van der Waals surface area (Å²) in [7, 11) is 0. The number of hydrogen-bond donors (Lipinski definition) is 2. The smallest absolute Gasteiger partial charge is 0.316 e. The Labute approximate surface area is 81.7 Å². The number of amides is 2. The quantitative estimate of drug-likeness (QED) is 0.712. The van der Waals surface area contributed by atoms with Crippen LogP contribution in [0.25, 0.3) is 0 Å². The Morgan fingerprint density at radius 2 is 2.23 bits per heavy atom. The van der Waals surface area contributed by atoms with E-state index in [0.717, 1.165) is 16.1 Å². The molecule has 3 N–H and O–H groups in total. The van der Waals surface area contributed by atoms with Gasteiger partial charge in [-0.2, -0.15) is 0 Å². The maximum atomic E-state index is 10.7. The van der Waals surface area contributed by atoms with E-state index in [1.807, 2.05) is 31.4 Å². The lowest BCUT2D eigenvalue weighted by Gasteiger charge is -2.09. The largest absolute Gasteiger partial charge is 0.351 e. The second-order valence-electron chi connectivity index (χ2n) is 2.64. The Morgan fingerprint density at radius 3 is 2.77 bits per heavy atom. The van der Waals surface area contributed by atoms with Crippen molar-refractivity contribution in [3.05, 3.63) is 23.8 Å². The summed E-state index contributed by atoms with van der Waals surface area (Å²) in [5, 5.41) is 2.61. The van der Waals surface area contributed by atoms with Gasteiger partial charge in [0.2, 0.25) is 0 Å². The molecule has 70 valence electrons. The van der Waals surface area contributed by atoms with E-state index >= 15 is 0 Å². The van der Waals surface area contributed by atoms with E-state index < -0.39 is 6.03 Å². The third-order valence-electron chi connectivity index (χ3n) is 1.70. The van der Waals surface area contributed by atoms with Gasteiger partial charge in [0, 0.05) is 4.90 Å². The molecule has 0 unspecified atom stereocenters. The number of nitrogens with one attached hydrogen (secondary N) is 1. The van der Waals surface area contributed by atoms with Crippen LogP contribution in [0, 0.1) is 6.92 Å². The topological polar surface area (TPSA) is 55.1 Å². The van der Waals surface area contributed by atoms with Gasteiger partial charge < -0.3 is 11.1 Å². The highest BCUT2D eigenvalue weighted by molar-refractivity contribution is 7.98. The first-order valence-corrected chi connectivity index (χ1v) is 5.07. The summed E-state index contributed by atoms with van der Waals surface area (Å²) in [4.78, 5) is 11.7. The summed E-state index contributed by atoms with van der Waals surface area (Å²) >= 11 is 1.58. The molecule has 0 saturated heterocycles. The first-order valence-electron chi connectivity index (χ1n) is 3.85. The van der Waals surface area contributed by atoms with Crippen molar-refractivity contribution in [2.75, 3.05) is 11.6 Å². The van der Waals surface area contributed by atoms with Gasteiger partial charge in [-0.1, -0.05) is 12.1 Å². The Morgan fingerprint density at radius 1 is 1.54 bits per heavy atom. The molecule has 0 heterocycles. The zero-order chi connectivity index (χ0) is 9.84. The van der Waals surface area contributed by atoms with Crippen LogP contribution in [0.1, 0.15) is 5.56 Å². The molecule has 0 spiro atoms. The summed E-state index contributed by atoms with van der Waals surface area (Å²) < 4.78 is 0. The molecule has 4 heteroatoms. The Bertz CT molecular complexity index is 325. The van der Waals surface area contributed by atoms with Gasteiger partial charge in [-0.25, -0.2) is 4.79 Å². The highest BCUT2D eigenvalue weighted by Crippen LogP contribution is 2.27. The average molecular weight is 196 g/mol. The third kappa shape index (κ3) is 2.39. The number of anilines is 1. The molecule has 1 rings (SSSR count). The van der Waals surface area contributed by atoms with E-state index in [-0.39, 0.29) is 0 Å². The van der Waals surface area contributed by atoms with Gasteiger partial charge in [0.15, 0.2) is 0 Å². The Hall–Kier alpha value is -1.16. The highest BCUT2D eigenvalue weighted by Gasteiger charge is 2.05. The van der Waals surface area contributed by atoms with Crippen molar-refractivity contribution < 1.29 is 4.79 Å². The Kier molecular flexibility index (Phi) is 3.19. The van der Waals surface area contributed by atoms with E-state index in [1.165, 1.54) is 0 Å². The fourth-order valence-electron chi connectivity index (χ4n) is 1.09. The molecule has 0 fully saturated rings. The van der Waals surface area contributed by atoms with Gasteiger partial charge in [-0.15, -0.1) is 11.8 Å². The van der Waals surface area contributed by atoms with Crippen molar-refractivity contribution in [1.29, 1.82) is 0 Å². The average Bonchev–Trinajstić information content (AvgIpc) is 2.08. The molecule has 0 aromatic heterocycles. The lowest BCUT2D eigenvalue weighted by Crippen LogP contribution is -2.20. The summed E-state index contributed by atoms with van der Waals surface area (Å²) in [6.45, 7) is 1.94. The predicted octanol–water partition coefficient (Wildman–Crippen LogP) is 2.21. The van der Waals surface area contributed by atoms with Gasteiger partial charge in [0.1, 0.15) is 0 Å². The molecule has 0 aliphatic carbocycles. The van der Waals surface area contributed by atoms with Gasteiger partial charge in [-0.05, 0) is 24.8 Å². The second-order valence-corrected chi connectivity index (χ2v) is 3.49. The van der Waals surface area contributed by atoms with Gasteiger partial charge in [0.25, 0.3) is 0 Å². The van der Waals surface area contributed by atoms with E-state index in [2.05, 4.69) is 5.32 Å². The minimum absolute atomic E-state index is 0.524. The first kappa shape index (κ1) is 9.92. The number of carbonyl (C=O) groups is 1. The summed E-state index contributed by atoms with van der Waals surface area (Å²) in [6, 6.07) is 5.31. The van der Waals surface area contributed by atoms with Crippen molar-refractivity contribution in [3.63, 3.8) is 0 Å². The van der Waals surface area contributed by atoms with Gasteiger partial charge in [-0.3, -0.25) is 0 Å². The van der Waals surface area contributed by atoms with Crippen LogP contribution in [0.4, 0.5) is 10.5 Å². The van der Waals surface area contributed by atoms with Crippen molar-refractivity contribution in [2.24, 2.45) is 5.73 Å². The number of thioether (sulfide) groups is 1. The molecule has 13 heavy (non-hydrogen) atoms. The lowest BCUT2D eigenvalue weighted by molar-refractivity contribution is 0.259. The molecule has 0 bridgehead atoms. The number of carbonyl (C=O) groups excluding carboxylic acids is 1. The number of rotatable bonds is 2. The molecule has 0 atom stereocenters. The van der Waals surface area contributed by atoms with E-state index in [9.17, 15) is 4.79 Å². The first-order chi connectivity index (χ1) is 6.15. The molecule has 0 aliphatic heterocycles. The van der Waals surface area contributed by atoms with Gasteiger partial charge in [0.05, 0.1) is 5.69 Å². The maximum Gasteiger partial charge on any atom is 0.316 e. The zero-order valence-electron chi connectivity index (χ0n) is 7.63. The SMILES string of the molecule is CSc1cccc(C)c1NC(N)=O. The summed E-state index contributed by atoms with van der Waals surface area (Å²) in [6.07, 6.45) is 1.96. The third-order valence-corrected chi connectivity index (χ3v) is 2.48. The number of urea groups is 1. The normalized spacial score (nSPS) is 9.69. The second kappa shape index (κ2) is 4.18. The molecular formula is C9H12N2OS. The minimum atomic E-state index is -0.524. The van der Waals surface area contributed by atoms with Crippen molar-refractivity contribution in [2.45, 2.75) is 11.8 Å². The molecule has 1 aromatic carbocycles. The monoisotopic (exact) mass is 196 g/mol. The van der Waals surface area contributed by atoms with Gasteiger partial charge >= 0.3 is 6.03 Å². The van der Waals surface area contributed by atoms with Crippen LogP contribution in [0.2, 0.25) is 0 Å². The molecule has 1 aromatic rings. The molecule has 2 amide bonds. The van der Waals surface area contributed by atoms with Crippen molar-refractivity contribution in [1.82, 2.24) is 0 Å². The number of aryl methyl sites for hydroxylation is 1. The molecule has 0 radical (unpaired) electrons.